The molecule has 1 aliphatic carbocycles. The minimum atomic E-state index is -0.944. The lowest BCUT2D eigenvalue weighted by molar-refractivity contribution is -0.124. The molecule has 5 N–H and O–H groups in total. The lowest BCUT2D eigenvalue weighted by Crippen LogP contribution is -2.52. The zero-order valence-corrected chi connectivity index (χ0v) is 9.07. The van der Waals surface area contributed by atoms with Gasteiger partial charge in [-0.05, 0) is 25.7 Å². The van der Waals surface area contributed by atoms with E-state index in [9.17, 15) is 4.79 Å². The van der Waals surface area contributed by atoms with Crippen LogP contribution in [0.3, 0.4) is 0 Å². The Morgan fingerprint density at radius 1 is 1.53 bits per heavy atom. The van der Waals surface area contributed by atoms with E-state index < -0.39 is 5.54 Å². The lowest BCUT2D eigenvalue weighted by Gasteiger charge is -2.26. The highest BCUT2D eigenvalue weighted by molar-refractivity contribution is 5.77. The largest absolute Gasteiger partial charge is 0.394 e. The molecule has 0 heterocycles. The second kappa shape index (κ2) is 4.92. The van der Waals surface area contributed by atoms with Gasteiger partial charge in [0.25, 0.3) is 0 Å². The molecule has 0 aromatic rings. The average molecular weight is 216 g/mol. The Labute approximate surface area is 89.7 Å². The number of rotatable bonds is 6. The maximum atomic E-state index is 11.5. The summed E-state index contributed by atoms with van der Waals surface area (Å²) in [6.07, 6.45) is 2.47. The molecule has 88 valence electrons. The molecule has 0 aliphatic heterocycles. The standard InChI is InChI=1S/C10H20N2O3/c1-10(5-13,6-14)12-9(15)4-8(11)7-2-3-7/h7-8,13-14H,2-6,11H2,1H3,(H,12,15). The summed E-state index contributed by atoms with van der Waals surface area (Å²) in [4.78, 5) is 11.5. The molecule has 1 saturated carbocycles. The first-order chi connectivity index (χ1) is 7.00. The van der Waals surface area contributed by atoms with Crippen LogP contribution in [0.2, 0.25) is 0 Å². The lowest BCUT2D eigenvalue weighted by atomic mass is 10.0. The van der Waals surface area contributed by atoms with Gasteiger partial charge in [-0.1, -0.05) is 0 Å². The zero-order chi connectivity index (χ0) is 11.5. The molecule has 0 aromatic heterocycles. The predicted octanol–water partition coefficient (Wildman–Crippen LogP) is -1.03. The fourth-order valence-electron chi connectivity index (χ4n) is 1.42. The van der Waals surface area contributed by atoms with Crippen molar-refractivity contribution in [1.29, 1.82) is 0 Å². The summed E-state index contributed by atoms with van der Waals surface area (Å²) in [5.74, 6) is 0.269. The number of carbonyl (C=O) groups is 1. The molecule has 0 spiro atoms. The summed E-state index contributed by atoms with van der Waals surface area (Å²) >= 11 is 0. The fraction of sp³-hybridized carbons (Fsp3) is 0.900. The van der Waals surface area contributed by atoms with Crippen molar-refractivity contribution in [2.24, 2.45) is 11.7 Å². The van der Waals surface area contributed by atoms with Crippen LogP contribution in [0.1, 0.15) is 26.2 Å². The van der Waals surface area contributed by atoms with Gasteiger partial charge in [-0.3, -0.25) is 4.79 Å². The molecule has 1 fully saturated rings. The molecule has 5 nitrogen and oxygen atoms in total. The second-order valence-electron chi connectivity index (χ2n) is 4.63. The molecule has 1 aliphatic rings. The highest BCUT2D eigenvalue weighted by Gasteiger charge is 2.31. The molecule has 5 heteroatoms. The van der Waals surface area contributed by atoms with Gasteiger partial charge in [0, 0.05) is 12.5 Å². The quantitative estimate of drug-likeness (QED) is 0.456. The van der Waals surface area contributed by atoms with Gasteiger partial charge in [-0.15, -0.1) is 0 Å². The van der Waals surface area contributed by atoms with Gasteiger partial charge >= 0.3 is 0 Å². The van der Waals surface area contributed by atoms with Crippen molar-refractivity contribution in [1.82, 2.24) is 5.32 Å². The average Bonchev–Trinajstić information content (AvgIpc) is 3.00. The predicted molar refractivity (Wildman–Crippen MR) is 56.0 cm³/mol. The molecule has 0 bridgehead atoms. The van der Waals surface area contributed by atoms with Gasteiger partial charge in [-0.25, -0.2) is 0 Å². The van der Waals surface area contributed by atoms with Crippen molar-refractivity contribution in [3.05, 3.63) is 0 Å². The molecule has 0 aromatic carbocycles. The Morgan fingerprint density at radius 3 is 2.47 bits per heavy atom. The molecular formula is C10H20N2O3. The summed E-state index contributed by atoms with van der Waals surface area (Å²) in [6.45, 7) is 1.02. The minimum absolute atomic E-state index is 0.0911. The van der Waals surface area contributed by atoms with E-state index in [1.165, 1.54) is 0 Å². The van der Waals surface area contributed by atoms with Crippen molar-refractivity contribution < 1.29 is 15.0 Å². The summed E-state index contributed by atoms with van der Waals surface area (Å²) in [5, 5.41) is 20.6. The summed E-state index contributed by atoms with van der Waals surface area (Å²) < 4.78 is 0. The van der Waals surface area contributed by atoms with E-state index >= 15 is 0 Å². The summed E-state index contributed by atoms with van der Waals surface area (Å²) in [7, 11) is 0. The molecule has 0 saturated heterocycles. The first-order valence-corrected chi connectivity index (χ1v) is 5.29. The zero-order valence-electron chi connectivity index (χ0n) is 9.07. The third-order valence-corrected chi connectivity index (χ3v) is 2.79. The monoisotopic (exact) mass is 216 g/mol. The molecule has 1 unspecified atom stereocenters. The summed E-state index contributed by atoms with van der Waals surface area (Å²) in [5.41, 5.74) is 4.85. The second-order valence-corrected chi connectivity index (χ2v) is 4.63. The van der Waals surface area contributed by atoms with Crippen molar-refractivity contribution in [3.63, 3.8) is 0 Å². The minimum Gasteiger partial charge on any atom is -0.394 e. The maximum absolute atomic E-state index is 11.5. The molecule has 1 atom stereocenters. The van der Waals surface area contributed by atoms with Crippen LogP contribution in [0, 0.1) is 5.92 Å². The Hall–Kier alpha value is -0.650. The Bertz CT molecular complexity index is 225. The van der Waals surface area contributed by atoms with Crippen molar-refractivity contribution in [2.75, 3.05) is 13.2 Å². The smallest absolute Gasteiger partial charge is 0.222 e. The highest BCUT2D eigenvalue weighted by Crippen LogP contribution is 2.32. The van der Waals surface area contributed by atoms with E-state index in [4.69, 9.17) is 15.9 Å². The molecule has 15 heavy (non-hydrogen) atoms. The van der Waals surface area contributed by atoms with Gasteiger partial charge in [0.05, 0.1) is 18.8 Å². The van der Waals surface area contributed by atoms with Crippen LogP contribution in [-0.4, -0.2) is 40.9 Å². The van der Waals surface area contributed by atoms with Gasteiger partial charge in [0.2, 0.25) is 5.91 Å². The number of nitrogens with two attached hydrogens (primary N) is 1. The van der Waals surface area contributed by atoms with Crippen LogP contribution < -0.4 is 11.1 Å². The van der Waals surface area contributed by atoms with E-state index in [0.29, 0.717) is 5.92 Å². The normalized spacial score (nSPS) is 18.7. The number of hydrogen-bond acceptors (Lipinski definition) is 4. The molecule has 0 radical (unpaired) electrons. The highest BCUT2D eigenvalue weighted by atomic mass is 16.3. The van der Waals surface area contributed by atoms with Crippen LogP contribution in [0.5, 0.6) is 0 Å². The summed E-state index contributed by atoms with van der Waals surface area (Å²) in [6, 6.07) is -0.0911. The van der Waals surface area contributed by atoms with Gasteiger partial charge in [-0.2, -0.15) is 0 Å². The SMILES string of the molecule is CC(CO)(CO)NC(=O)CC(N)C1CC1. The van der Waals surface area contributed by atoms with Crippen LogP contribution in [0.25, 0.3) is 0 Å². The third-order valence-electron chi connectivity index (χ3n) is 2.79. The van der Waals surface area contributed by atoms with Crippen LogP contribution in [0.4, 0.5) is 0 Å². The van der Waals surface area contributed by atoms with Gasteiger partial charge < -0.3 is 21.3 Å². The molecule has 1 amide bonds. The van der Waals surface area contributed by atoms with Crippen molar-refractivity contribution in [2.45, 2.75) is 37.8 Å². The van der Waals surface area contributed by atoms with E-state index in [1.54, 1.807) is 6.92 Å². The van der Waals surface area contributed by atoms with E-state index in [1.807, 2.05) is 0 Å². The number of hydrogen-bond donors (Lipinski definition) is 4. The number of aliphatic hydroxyl groups excluding tert-OH is 2. The van der Waals surface area contributed by atoms with Crippen LogP contribution in [0.15, 0.2) is 0 Å². The van der Waals surface area contributed by atoms with Crippen LogP contribution in [-0.2, 0) is 4.79 Å². The molecular weight excluding hydrogens is 196 g/mol. The third kappa shape index (κ3) is 3.77. The number of nitrogens with one attached hydrogen (secondary N) is 1. The maximum Gasteiger partial charge on any atom is 0.222 e. The first kappa shape index (κ1) is 12.4. The first-order valence-electron chi connectivity index (χ1n) is 5.29. The molecule has 1 rings (SSSR count). The van der Waals surface area contributed by atoms with Crippen molar-refractivity contribution in [3.8, 4) is 0 Å². The van der Waals surface area contributed by atoms with E-state index in [-0.39, 0.29) is 31.6 Å². The Kier molecular flexibility index (Phi) is 4.07. The van der Waals surface area contributed by atoms with Crippen molar-refractivity contribution >= 4 is 5.91 Å². The van der Waals surface area contributed by atoms with Crippen LogP contribution >= 0.6 is 0 Å². The topological polar surface area (TPSA) is 95.6 Å². The van der Waals surface area contributed by atoms with E-state index in [2.05, 4.69) is 5.32 Å². The Morgan fingerprint density at radius 2 is 2.07 bits per heavy atom. The Balaban J connectivity index is 2.33. The number of carbonyl (C=O) groups excluding carboxylic acids is 1. The van der Waals surface area contributed by atoms with E-state index in [0.717, 1.165) is 12.8 Å². The van der Waals surface area contributed by atoms with Gasteiger partial charge in [0.15, 0.2) is 0 Å². The van der Waals surface area contributed by atoms with Gasteiger partial charge in [0.1, 0.15) is 0 Å². The number of aliphatic hydroxyl groups is 2. The number of amides is 1. The fourth-order valence-corrected chi connectivity index (χ4v) is 1.42.